The van der Waals surface area contributed by atoms with Gasteiger partial charge in [0.2, 0.25) is 0 Å². The molecule has 1 N–H and O–H groups in total. The summed E-state index contributed by atoms with van der Waals surface area (Å²) < 4.78 is 29.2. The minimum atomic E-state index is -3.18. The molecule has 1 unspecified atom stereocenters. The van der Waals surface area contributed by atoms with Crippen molar-refractivity contribution >= 4 is 9.84 Å². The van der Waals surface area contributed by atoms with Gasteiger partial charge in [-0.15, -0.1) is 0 Å². The van der Waals surface area contributed by atoms with Gasteiger partial charge in [-0.05, 0) is 74.6 Å². The normalized spacial score (nSPS) is 15.6. The first-order chi connectivity index (χ1) is 13.1. The highest BCUT2D eigenvalue weighted by Gasteiger charge is 2.24. The molecule has 1 heterocycles. The minimum absolute atomic E-state index is 0.0139. The van der Waals surface area contributed by atoms with Gasteiger partial charge in [0, 0.05) is 25.4 Å². The van der Waals surface area contributed by atoms with Crippen molar-refractivity contribution in [3.8, 4) is 11.5 Å². The smallest absolute Gasteiger partial charge is 0.175 e. The second-order valence-corrected chi connectivity index (χ2v) is 9.98. The minimum Gasteiger partial charge on any atom is -0.504 e. The summed E-state index contributed by atoms with van der Waals surface area (Å²) in [4.78, 5) is 2.77. The second kappa shape index (κ2) is 8.13. The molecule has 0 aliphatic carbocycles. The molecule has 6 heteroatoms. The van der Waals surface area contributed by atoms with Gasteiger partial charge in [-0.25, -0.2) is 8.42 Å². The van der Waals surface area contributed by atoms with Crippen molar-refractivity contribution in [2.45, 2.75) is 63.7 Å². The van der Waals surface area contributed by atoms with Gasteiger partial charge in [-0.2, -0.15) is 0 Å². The largest absolute Gasteiger partial charge is 0.504 e. The van der Waals surface area contributed by atoms with Crippen LogP contribution in [0.1, 0.15) is 43.9 Å². The molecule has 0 saturated heterocycles. The molecule has 3 rings (SSSR count). The van der Waals surface area contributed by atoms with Crippen LogP contribution in [0, 0.1) is 0 Å². The molecule has 28 heavy (non-hydrogen) atoms. The maximum absolute atomic E-state index is 11.8. The van der Waals surface area contributed by atoms with Crippen molar-refractivity contribution in [2.24, 2.45) is 0 Å². The fourth-order valence-electron chi connectivity index (χ4n) is 3.56. The topological polar surface area (TPSA) is 66.8 Å². The summed E-state index contributed by atoms with van der Waals surface area (Å²) >= 11 is 0. The summed E-state index contributed by atoms with van der Waals surface area (Å²) in [6, 6.07) is 11.4. The van der Waals surface area contributed by atoms with Crippen molar-refractivity contribution < 1.29 is 18.3 Å². The maximum atomic E-state index is 11.8. The Morgan fingerprint density at radius 1 is 1.07 bits per heavy atom. The van der Waals surface area contributed by atoms with E-state index in [0.717, 1.165) is 37.1 Å². The number of fused-ring (bicyclic) bond motifs is 1. The second-order valence-electron chi connectivity index (χ2n) is 7.96. The summed E-state index contributed by atoms with van der Waals surface area (Å²) in [6.45, 7) is 7.70. The Kier molecular flexibility index (Phi) is 6.01. The van der Waals surface area contributed by atoms with E-state index in [1.165, 1.54) is 11.8 Å². The summed E-state index contributed by atoms with van der Waals surface area (Å²) in [5.41, 5.74) is 3.44. The third kappa shape index (κ3) is 4.86. The van der Waals surface area contributed by atoms with Crippen LogP contribution in [0.5, 0.6) is 11.5 Å². The van der Waals surface area contributed by atoms with Gasteiger partial charge in [0.1, 0.15) is 0 Å². The quantitative estimate of drug-likeness (QED) is 0.759. The van der Waals surface area contributed by atoms with Gasteiger partial charge in [-0.1, -0.05) is 12.1 Å². The number of sulfone groups is 1. The van der Waals surface area contributed by atoms with Crippen molar-refractivity contribution in [3.05, 3.63) is 53.1 Å². The summed E-state index contributed by atoms with van der Waals surface area (Å²) in [5, 5.41) is 9.94. The highest BCUT2D eigenvalue weighted by atomic mass is 32.2. The van der Waals surface area contributed by atoms with Crippen molar-refractivity contribution in [3.63, 3.8) is 0 Å². The van der Waals surface area contributed by atoms with E-state index in [1.807, 2.05) is 38.1 Å². The Hall–Kier alpha value is -2.05. The molecular weight excluding hydrogens is 374 g/mol. The van der Waals surface area contributed by atoms with Gasteiger partial charge in [0.15, 0.2) is 21.3 Å². The first-order valence-corrected chi connectivity index (χ1v) is 11.6. The lowest BCUT2D eigenvalue weighted by Gasteiger charge is -2.24. The summed E-state index contributed by atoms with van der Waals surface area (Å²) in [5.74, 6) is 0.698. The van der Waals surface area contributed by atoms with Crippen LogP contribution in [-0.2, 0) is 29.3 Å². The standard InChI is InChI=1S/C22H29NO4S/c1-15(2)27-22-11-17(7-10-21(22)24)6-5-16(3)23-13-18-8-9-20(28(4,25)26)12-19(18)14-23/h7-12,15-16,24H,5-6,13-14H2,1-4H3. The van der Waals surface area contributed by atoms with E-state index in [-0.39, 0.29) is 11.9 Å². The molecule has 0 saturated carbocycles. The zero-order chi connectivity index (χ0) is 20.5. The van der Waals surface area contributed by atoms with Crippen LogP contribution < -0.4 is 4.74 Å². The van der Waals surface area contributed by atoms with Gasteiger partial charge in [-0.3, -0.25) is 4.90 Å². The van der Waals surface area contributed by atoms with Crippen LogP contribution >= 0.6 is 0 Å². The average molecular weight is 404 g/mol. The van der Waals surface area contributed by atoms with E-state index in [2.05, 4.69) is 11.8 Å². The number of nitrogens with zero attached hydrogens (tertiary/aromatic N) is 1. The van der Waals surface area contributed by atoms with Gasteiger partial charge in [0.05, 0.1) is 11.0 Å². The van der Waals surface area contributed by atoms with Crippen LogP contribution in [0.15, 0.2) is 41.3 Å². The van der Waals surface area contributed by atoms with Crippen LogP contribution in [0.2, 0.25) is 0 Å². The molecule has 0 spiro atoms. The number of rotatable bonds is 7. The van der Waals surface area contributed by atoms with Crippen LogP contribution in [-0.4, -0.2) is 36.8 Å². The van der Waals surface area contributed by atoms with Crippen LogP contribution in [0.3, 0.4) is 0 Å². The molecule has 1 atom stereocenters. The molecule has 1 aliphatic rings. The molecule has 0 amide bonds. The molecule has 0 fully saturated rings. The molecular formula is C22H29NO4S. The highest BCUT2D eigenvalue weighted by Crippen LogP contribution is 2.30. The van der Waals surface area contributed by atoms with Crippen molar-refractivity contribution in [1.82, 2.24) is 4.90 Å². The number of benzene rings is 2. The highest BCUT2D eigenvalue weighted by molar-refractivity contribution is 7.90. The Labute approximate surface area is 167 Å². The fourth-order valence-corrected chi connectivity index (χ4v) is 4.23. The SMILES string of the molecule is CC(C)Oc1cc(CCC(C)N2Cc3ccc(S(C)(=O)=O)cc3C2)ccc1O. The molecule has 0 aromatic heterocycles. The van der Waals surface area contributed by atoms with E-state index in [1.54, 1.807) is 12.1 Å². The number of hydrogen-bond donors (Lipinski definition) is 1. The third-order valence-electron chi connectivity index (χ3n) is 5.21. The zero-order valence-electron chi connectivity index (χ0n) is 17.0. The van der Waals surface area contributed by atoms with Gasteiger partial charge >= 0.3 is 0 Å². The predicted molar refractivity (Wildman–Crippen MR) is 110 cm³/mol. The number of hydrogen-bond acceptors (Lipinski definition) is 5. The number of aryl methyl sites for hydroxylation is 1. The van der Waals surface area contributed by atoms with Crippen molar-refractivity contribution in [1.29, 1.82) is 0 Å². The lowest BCUT2D eigenvalue weighted by atomic mass is 10.0. The lowest BCUT2D eigenvalue weighted by Crippen LogP contribution is -2.28. The maximum Gasteiger partial charge on any atom is 0.175 e. The zero-order valence-corrected chi connectivity index (χ0v) is 17.8. The van der Waals surface area contributed by atoms with E-state index in [0.29, 0.717) is 16.7 Å². The Balaban J connectivity index is 1.62. The molecule has 2 aromatic carbocycles. The van der Waals surface area contributed by atoms with Crippen molar-refractivity contribution in [2.75, 3.05) is 6.26 Å². The average Bonchev–Trinajstić information content (AvgIpc) is 3.04. The van der Waals surface area contributed by atoms with Crippen LogP contribution in [0.25, 0.3) is 0 Å². The number of phenols is 1. The number of aromatic hydroxyl groups is 1. The fraction of sp³-hybridized carbons (Fsp3) is 0.455. The Morgan fingerprint density at radius 2 is 1.79 bits per heavy atom. The molecule has 0 radical (unpaired) electrons. The Bertz CT molecular complexity index is 953. The molecule has 0 bridgehead atoms. The molecule has 152 valence electrons. The molecule has 1 aliphatic heterocycles. The van der Waals surface area contributed by atoms with Crippen LogP contribution in [0.4, 0.5) is 0 Å². The monoisotopic (exact) mass is 403 g/mol. The van der Waals surface area contributed by atoms with Gasteiger partial charge < -0.3 is 9.84 Å². The summed E-state index contributed by atoms with van der Waals surface area (Å²) in [6.07, 6.45) is 3.12. The third-order valence-corrected chi connectivity index (χ3v) is 6.32. The Morgan fingerprint density at radius 3 is 2.46 bits per heavy atom. The molecule has 2 aromatic rings. The summed E-state index contributed by atoms with van der Waals surface area (Å²) in [7, 11) is -3.18. The predicted octanol–water partition coefficient (Wildman–Crippen LogP) is 3.92. The van der Waals surface area contributed by atoms with E-state index in [9.17, 15) is 13.5 Å². The van der Waals surface area contributed by atoms with E-state index in [4.69, 9.17) is 4.74 Å². The first kappa shape index (κ1) is 20.7. The van der Waals surface area contributed by atoms with E-state index >= 15 is 0 Å². The van der Waals surface area contributed by atoms with E-state index < -0.39 is 9.84 Å². The first-order valence-electron chi connectivity index (χ1n) is 9.68. The van der Waals surface area contributed by atoms with Gasteiger partial charge in [0.25, 0.3) is 0 Å². The lowest BCUT2D eigenvalue weighted by molar-refractivity contribution is 0.203. The number of phenolic OH excluding ortho intramolecular Hbond substituents is 1. The number of ether oxygens (including phenoxy) is 1. The molecule has 5 nitrogen and oxygen atoms in total.